The number of allylic oxidation sites excluding steroid dienone is 1. The van der Waals surface area contributed by atoms with Crippen LogP contribution in [-0.2, 0) is 9.53 Å². The van der Waals surface area contributed by atoms with E-state index in [1.54, 1.807) is 49.4 Å². The topological polar surface area (TPSA) is 114 Å². The second kappa shape index (κ2) is 10.7. The first kappa shape index (κ1) is 21.7. The van der Waals surface area contributed by atoms with E-state index in [1.165, 1.54) is 25.3 Å². The standard InChI is InChI=1S/C20H19N3O5S/c1-3-7-17(24)21-15-11-10-14(18(25)13-8-5-4-6-9-13)12-16(15)22-19(26)23-29-20(27)28-2/h3-12H,1-2H3,(H,21,24)(H2,22,23,26)/b7-3+. The zero-order valence-corrected chi connectivity index (χ0v) is 16.5. The van der Waals surface area contributed by atoms with Gasteiger partial charge in [-0.25, -0.2) is 9.59 Å². The number of rotatable bonds is 5. The maximum atomic E-state index is 12.7. The Morgan fingerprint density at radius 3 is 2.31 bits per heavy atom. The normalized spacial score (nSPS) is 10.3. The second-order valence-electron chi connectivity index (χ2n) is 5.56. The van der Waals surface area contributed by atoms with Gasteiger partial charge >= 0.3 is 11.3 Å². The Morgan fingerprint density at radius 2 is 1.66 bits per heavy atom. The van der Waals surface area contributed by atoms with E-state index >= 15 is 0 Å². The van der Waals surface area contributed by atoms with Crippen molar-refractivity contribution in [2.75, 3.05) is 17.7 Å². The number of hydrogen-bond acceptors (Lipinski definition) is 6. The summed E-state index contributed by atoms with van der Waals surface area (Å²) in [5.41, 5.74) is 1.27. The molecule has 3 N–H and O–H groups in total. The van der Waals surface area contributed by atoms with E-state index in [2.05, 4.69) is 20.1 Å². The predicted molar refractivity (Wildman–Crippen MR) is 112 cm³/mol. The zero-order chi connectivity index (χ0) is 21.2. The van der Waals surface area contributed by atoms with Crippen LogP contribution in [0, 0.1) is 0 Å². The Morgan fingerprint density at radius 1 is 0.931 bits per heavy atom. The molecule has 2 aromatic carbocycles. The molecule has 0 aliphatic rings. The second-order valence-corrected chi connectivity index (χ2v) is 6.30. The Labute approximate surface area is 171 Å². The number of amides is 3. The highest BCUT2D eigenvalue weighted by Crippen LogP contribution is 2.25. The van der Waals surface area contributed by atoms with Crippen LogP contribution < -0.4 is 15.4 Å². The molecule has 0 radical (unpaired) electrons. The average Bonchev–Trinajstić information content (AvgIpc) is 2.73. The number of methoxy groups -OCH3 is 1. The fourth-order valence-electron chi connectivity index (χ4n) is 2.26. The number of anilines is 2. The monoisotopic (exact) mass is 413 g/mol. The molecule has 0 aliphatic carbocycles. The van der Waals surface area contributed by atoms with Crippen molar-refractivity contribution in [1.82, 2.24) is 4.72 Å². The molecule has 0 aliphatic heterocycles. The molecule has 3 amide bonds. The molecule has 29 heavy (non-hydrogen) atoms. The lowest BCUT2D eigenvalue weighted by atomic mass is 10.0. The summed E-state index contributed by atoms with van der Waals surface area (Å²) in [4.78, 5) is 47.8. The van der Waals surface area contributed by atoms with E-state index in [0.717, 1.165) is 0 Å². The molecule has 0 aromatic heterocycles. The molecular formula is C20H19N3O5S. The summed E-state index contributed by atoms with van der Waals surface area (Å²) < 4.78 is 6.67. The molecule has 9 heteroatoms. The predicted octanol–water partition coefficient (Wildman–Crippen LogP) is 3.97. The molecule has 0 saturated heterocycles. The van der Waals surface area contributed by atoms with E-state index in [-0.39, 0.29) is 17.2 Å². The van der Waals surface area contributed by atoms with Gasteiger partial charge in [-0.15, -0.1) is 0 Å². The molecule has 2 aromatic rings. The maximum absolute atomic E-state index is 12.7. The van der Waals surface area contributed by atoms with Crippen molar-refractivity contribution in [3.63, 3.8) is 0 Å². The van der Waals surface area contributed by atoms with Crippen LogP contribution in [0.4, 0.5) is 21.0 Å². The molecule has 0 saturated carbocycles. The first-order valence-corrected chi connectivity index (χ1v) is 9.25. The summed E-state index contributed by atoms with van der Waals surface area (Å²) >= 11 is 0.450. The summed E-state index contributed by atoms with van der Waals surface area (Å²) in [6.07, 6.45) is 2.88. The summed E-state index contributed by atoms with van der Waals surface area (Å²) in [7, 11) is 1.18. The summed E-state index contributed by atoms with van der Waals surface area (Å²) in [6.45, 7) is 1.69. The lowest BCUT2D eigenvalue weighted by Gasteiger charge is -2.13. The number of carbonyl (C=O) groups is 4. The molecule has 0 bridgehead atoms. The minimum absolute atomic E-state index is 0.188. The third kappa shape index (κ3) is 6.51. The van der Waals surface area contributed by atoms with Crippen molar-refractivity contribution >= 4 is 46.3 Å². The molecule has 150 valence electrons. The summed E-state index contributed by atoms with van der Waals surface area (Å²) in [6, 6.07) is 12.4. The Hall–Kier alpha value is -3.59. The van der Waals surface area contributed by atoms with Crippen LogP contribution in [-0.4, -0.2) is 30.1 Å². The largest absolute Gasteiger partial charge is 0.460 e. The van der Waals surface area contributed by atoms with Crippen molar-refractivity contribution in [1.29, 1.82) is 0 Å². The van der Waals surface area contributed by atoms with Gasteiger partial charge in [-0.05, 0) is 31.2 Å². The van der Waals surface area contributed by atoms with Gasteiger partial charge in [0.05, 0.1) is 30.4 Å². The Kier molecular flexibility index (Phi) is 7.99. The third-order valence-electron chi connectivity index (χ3n) is 3.54. The van der Waals surface area contributed by atoms with Gasteiger partial charge in [-0.2, -0.15) is 0 Å². The third-order valence-corrected chi connectivity index (χ3v) is 4.16. The van der Waals surface area contributed by atoms with Crippen LogP contribution in [0.3, 0.4) is 0 Å². The van der Waals surface area contributed by atoms with E-state index in [9.17, 15) is 19.2 Å². The van der Waals surface area contributed by atoms with Crippen molar-refractivity contribution < 1.29 is 23.9 Å². The Balaban J connectivity index is 2.29. The molecule has 0 unspecified atom stereocenters. The quantitative estimate of drug-likeness (QED) is 0.296. The number of benzene rings is 2. The van der Waals surface area contributed by atoms with Gasteiger partial charge in [0.15, 0.2) is 5.78 Å². The number of carbonyl (C=O) groups excluding carboxylic acids is 4. The van der Waals surface area contributed by atoms with Gasteiger partial charge in [-0.3, -0.25) is 14.3 Å². The van der Waals surface area contributed by atoms with Crippen LogP contribution in [0.15, 0.2) is 60.7 Å². The molecule has 8 nitrogen and oxygen atoms in total. The van der Waals surface area contributed by atoms with E-state index in [0.29, 0.717) is 23.1 Å². The minimum Gasteiger partial charge on any atom is -0.460 e. The average molecular weight is 413 g/mol. The minimum atomic E-state index is -0.730. The lowest BCUT2D eigenvalue weighted by molar-refractivity contribution is -0.111. The highest BCUT2D eigenvalue weighted by molar-refractivity contribution is 8.12. The van der Waals surface area contributed by atoms with Crippen molar-refractivity contribution in [2.24, 2.45) is 0 Å². The van der Waals surface area contributed by atoms with Crippen molar-refractivity contribution in [2.45, 2.75) is 6.92 Å². The van der Waals surface area contributed by atoms with Crippen LogP contribution in [0.25, 0.3) is 0 Å². The highest BCUT2D eigenvalue weighted by Gasteiger charge is 2.15. The first-order valence-electron chi connectivity index (χ1n) is 8.44. The molecular weight excluding hydrogens is 394 g/mol. The van der Waals surface area contributed by atoms with Crippen molar-refractivity contribution in [3.8, 4) is 0 Å². The van der Waals surface area contributed by atoms with Gasteiger partial charge in [0.2, 0.25) is 5.91 Å². The number of ketones is 1. The maximum Gasteiger partial charge on any atom is 0.387 e. The number of ether oxygens (including phenoxy) is 1. The number of hydrogen-bond donors (Lipinski definition) is 3. The van der Waals surface area contributed by atoms with E-state index < -0.39 is 17.2 Å². The van der Waals surface area contributed by atoms with Gasteiger partial charge in [0, 0.05) is 11.1 Å². The molecule has 0 fully saturated rings. The van der Waals surface area contributed by atoms with Crippen LogP contribution in [0.1, 0.15) is 22.8 Å². The number of nitrogens with one attached hydrogen (secondary N) is 3. The zero-order valence-electron chi connectivity index (χ0n) is 15.7. The Bertz CT molecular complexity index is 944. The van der Waals surface area contributed by atoms with Crippen LogP contribution >= 0.6 is 11.9 Å². The molecule has 0 heterocycles. The van der Waals surface area contributed by atoms with Gasteiger partial charge in [0.1, 0.15) is 0 Å². The van der Waals surface area contributed by atoms with Gasteiger partial charge < -0.3 is 15.4 Å². The van der Waals surface area contributed by atoms with E-state index in [1.807, 2.05) is 0 Å². The molecule has 2 rings (SSSR count). The molecule has 0 spiro atoms. The van der Waals surface area contributed by atoms with E-state index in [4.69, 9.17) is 0 Å². The molecule has 0 atom stereocenters. The SMILES string of the molecule is C/C=C/C(=O)Nc1ccc(C(=O)c2ccccc2)cc1NC(=O)NSC(=O)OC. The first-order chi connectivity index (χ1) is 13.9. The fourth-order valence-corrected chi connectivity index (χ4v) is 2.57. The summed E-state index contributed by atoms with van der Waals surface area (Å²) in [5.74, 6) is -0.647. The lowest BCUT2D eigenvalue weighted by Crippen LogP contribution is -2.25. The summed E-state index contributed by atoms with van der Waals surface area (Å²) in [5, 5.41) is 4.44. The number of urea groups is 1. The van der Waals surface area contributed by atoms with Crippen LogP contribution in [0.2, 0.25) is 0 Å². The van der Waals surface area contributed by atoms with Gasteiger partial charge in [0.25, 0.3) is 0 Å². The highest BCUT2D eigenvalue weighted by atomic mass is 32.2. The fraction of sp³-hybridized carbons (Fsp3) is 0.100. The van der Waals surface area contributed by atoms with Crippen molar-refractivity contribution in [3.05, 3.63) is 71.8 Å². The smallest absolute Gasteiger partial charge is 0.387 e. The van der Waals surface area contributed by atoms with Gasteiger partial charge in [-0.1, -0.05) is 36.4 Å². The van der Waals surface area contributed by atoms with Crippen LogP contribution in [0.5, 0.6) is 0 Å².